The van der Waals surface area contributed by atoms with Crippen LogP contribution in [0.5, 0.6) is 0 Å². The third-order valence-electron chi connectivity index (χ3n) is 4.32. The third kappa shape index (κ3) is 2.60. The second kappa shape index (κ2) is 5.02. The average Bonchev–Trinajstić information content (AvgIpc) is 2.85. The van der Waals surface area contributed by atoms with Gasteiger partial charge >= 0.3 is 0 Å². The van der Waals surface area contributed by atoms with Gasteiger partial charge in [0.15, 0.2) is 0 Å². The fraction of sp³-hybridized carbons (Fsp3) is 0.625. The Morgan fingerprint density at radius 2 is 2.11 bits per heavy atom. The maximum atomic E-state index is 5.59. The third-order valence-corrected chi connectivity index (χ3v) is 4.32. The maximum Gasteiger partial charge on any atom is 0.0645 e. The Balaban J connectivity index is 1.62. The van der Waals surface area contributed by atoms with Gasteiger partial charge in [0.2, 0.25) is 0 Å². The Morgan fingerprint density at radius 1 is 1.22 bits per heavy atom. The zero-order valence-electron chi connectivity index (χ0n) is 11.3. The first-order valence-corrected chi connectivity index (χ1v) is 7.19. The van der Waals surface area contributed by atoms with E-state index in [0.29, 0.717) is 0 Å². The molecular formula is C16H23NO. The predicted octanol–water partition coefficient (Wildman–Crippen LogP) is 2.83. The first-order chi connectivity index (χ1) is 8.75. The number of aryl methyl sites for hydroxylation is 2. The normalized spacial score (nSPS) is 27.2. The molecule has 1 N–H and O–H groups in total. The molecule has 18 heavy (non-hydrogen) atoms. The largest absolute Gasteiger partial charge is 0.380 e. The molecule has 0 saturated carbocycles. The Labute approximate surface area is 110 Å². The van der Waals surface area contributed by atoms with Crippen LogP contribution in [0.15, 0.2) is 18.2 Å². The van der Waals surface area contributed by atoms with Crippen LogP contribution in [0.2, 0.25) is 0 Å². The van der Waals surface area contributed by atoms with Gasteiger partial charge in [0.1, 0.15) is 0 Å². The lowest BCUT2D eigenvalue weighted by Gasteiger charge is -2.34. The van der Waals surface area contributed by atoms with Gasteiger partial charge in [0.25, 0.3) is 0 Å². The van der Waals surface area contributed by atoms with Gasteiger partial charge in [0.05, 0.1) is 6.61 Å². The summed E-state index contributed by atoms with van der Waals surface area (Å²) in [6, 6.07) is 6.99. The SMILES string of the molecule is CC1(NCc2ccc3c(c2)CCC3)CCCOC1. The quantitative estimate of drug-likeness (QED) is 0.884. The number of hydrogen-bond acceptors (Lipinski definition) is 2. The molecule has 1 saturated heterocycles. The Morgan fingerprint density at radius 3 is 2.94 bits per heavy atom. The Kier molecular flexibility index (Phi) is 3.40. The van der Waals surface area contributed by atoms with E-state index in [1.54, 1.807) is 11.1 Å². The summed E-state index contributed by atoms with van der Waals surface area (Å²) in [5.74, 6) is 0. The molecule has 1 aliphatic carbocycles. The molecule has 1 fully saturated rings. The van der Waals surface area contributed by atoms with E-state index in [4.69, 9.17) is 4.74 Å². The minimum Gasteiger partial charge on any atom is -0.380 e. The molecule has 2 aliphatic rings. The number of hydrogen-bond donors (Lipinski definition) is 1. The van der Waals surface area contributed by atoms with Crippen molar-refractivity contribution < 1.29 is 4.74 Å². The van der Waals surface area contributed by atoms with Gasteiger partial charge in [-0.1, -0.05) is 18.2 Å². The number of ether oxygens (including phenoxy) is 1. The highest BCUT2D eigenvalue weighted by Crippen LogP contribution is 2.24. The van der Waals surface area contributed by atoms with E-state index in [-0.39, 0.29) is 5.54 Å². The Bertz CT molecular complexity index is 421. The molecule has 0 spiro atoms. The lowest BCUT2D eigenvalue weighted by Crippen LogP contribution is -2.48. The van der Waals surface area contributed by atoms with Gasteiger partial charge in [-0.05, 0) is 55.7 Å². The zero-order chi connectivity index (χ0) is 12.4. The van der Waals surface area contributed by atoms with Crippen LogP contribution in [0.1, 0.15) is 42.9 Å². The molecule has 2 heteroatoms. The molecule has 1 heterocycles. The van der Waals surface area contributed by atoms with E-state index in [2.05, 4.69) is 30.4 Å². The van der Waals surface area contributed by atoms with E-state index < -0.39 is 0 Å². The van der Waals surface area contributed by atoms with E-state index in [1.165, 1.54) is 37.7 Å². The number of nitrogens with one attached hydrogen (secondary N) is 1. The topological polar surface area (TPSA) is 21.3 Å². The van der Waals surface area contributed by atoms with Crippen molar-refractivity contribution in [2.24, 2.45) is 0 Å². The summed E-state index contributed by atoms with van der Waals surface area (Å²) in [6.07, 6.45) is 6.27. The standard InChI is InChI=1S/C16H23NO/c1-16(8-3-9-18-12-16)17-11-13-6-7-14-4-2-5-15(14)10-13/h6-7,10,17H,2-5,8-9,11-12H2,1H3. The van der Waals surface area contributed by atoms with Crippen LogP contribution in [0, 0.1) is 0 Å². The molecule has 1 aromatic carbocycles. The highest BCUT2D eigenvalue weighted by Gasteiger charge is 2.26. The zero-order valence-corrected chi connectivity index (χ0v) is 11.3. The smallest absolute Gasteiger partial charge is 0.0645 e. The van der Waals surface area contributed by atoms with Crippen molar-refractivity contribution >= 4 is 0 Å². The first kappa shape index (κ1) is 12.2. The van der Waals surface area contributed by atoms with Crippen LogP contribution in [0.4, 0.5) is 0 Å². The number of fused-ring (bicyclic) bond motifs is 1. The second-order valence-electron chi connectivity index (χ2n) is 6.03. The average molecular weight is 245 g/mol. The van der Waals surface area contributed by atoms with E-state index >= 15 is 0 Å². The minimum atomic E-state index is 0.164. The van der Waals surface area contributed by atoms with Crippen molar-refractivity contribution in [3.8, 4) is 0 Å². The van der Waals surface area contributed by atoms with E-state index in [1.807, 2.05) is 0 Å². The van der Waals surface area contributed by atoms with Crippen molar-refractivity contribution in [2.75, 3.05) is 13.2 Å². The molecule has 1 unspecified atom stereocenters. The van der Waals surface area contributed by atoms with Crippen molar-refractivity contribution in [2.45, 2.75) is 51.1 Å². The summed E-state index contributed by atoms with van der Waals surface area (Å²) >= 11 is 0. The van der Waals surface area contributed by atoms with Crippen LogP contribution in [0.25, 0.3) is 0 Å². The van der Waals surface area contributed by atoms with Crippen LogP contribution in [0.3, 0.4) is 0 Å². The van der Waals surface area contributed by atoms with Gasteiger partial charge in [-0.2, -0.15) is 0 Å². The Hall–Kier alpha value is -0.860. The minimum absolute atomic E-state index is 0.164. The second-order valence-corrected chi connectivity index (χ2v) is 6.03. The molecule has 98 valence electrons. The highest BCUT2D eigenvalue weighted by atomic mass is 16.5. The predicted molar refractivity (Wildman–Crippen MR) is 73.8 cm³/mol. The molecule has 1 atom stereocenters. The van der Waals surface area contributed by atoms with Crippen molar-refractivity contribution in [3.05, 3.63) is 34.9 Å². The van der Waals surface area contributed by atoms with Crippen LogP contribution < -0.4 is 5.32 Å². The fourth-order valence-corrected chi connectivity index (χ4v) is 3.12. The maximum absolute atomic E-state index is 5.59. The molecule has 2 nitrogen and oxygen atoms in total. The molecule has 0 radical (unpaired) electrons. The summed E-state index contributed by atoms with van der Waals surface area (Å²) in [5.41, 5.74) is 4.71. The molecule has 3 rings (SSSR count). The van der Waals surface area contributed by atoms with Crippen LogP contribution >= 0.6 is 0 Å². The lowest BCUT2D eigenvalue weighted by molar-refractivity contribution is 0.0278. The lowest BCUT2D eigenvalue weighted by atomic mass is 9.94. The summed E-state index contributed by atoms with van der Waals surface area (Å²) in [7, 11) is 0. The van der Waals surface area contributed by atoms with Gasteiger partial charge in [-0.25, -0.2) is 0 Å². The monoisotopic (exact) mass is 245 g/mol. The first-order valence-electron chi connectivity index (χ1n) is 7.19. The van der Waals surface area contributed by atoms with Crippen LogP contribution in [-0.4, -0.2) is 18.8 Å². The molecule has 0 amide bonds. The van der Waals surface area contributed by atoms with E-state index in [0.717, 1.165) is 19.8 Å². The number of benzene rings is 1. The van der Waals surface area contributed by atoms with Gasteiger partial charge in [0, 0.05) is 18.7 Å². The van der Waals surface area contributed by atoms with Gasteiger partial charge in [-0.3, -0.25) is 0 Å². The molecular weight excluding hydrogens is 222 g/mol. The summed E-state index contributed by atoms with van der Waals surface area (Å²) in [4.78, 5) is 0. The summed E-state index contributed by atoms with van der Waals surface area (Å²) in [5, 5.41) is 3.68. The summed E-state index contributed by atoms with van der Waals surface area (Å²) in [6.45, 7) is 5.01. The van der Waals surface area contributed by atoms with Crippen LogP contribution in [-0.2, 0) is 24.1 Å². The van der Waals surface area contributed by atoms with Gasteiger partial charge < -0.3 is 10.1 Å². The molecule has 0 bridgehead atoms. The van der Waals surface area contributed by atoms with Crippen molar-refractivity contribution in [1.29, 1.82) is 0 Å². The molecule has 0 aromatic heterocycles. The van der Waals surface area contributed by atoms with Crippen molar-refractivity contribution in [1.82, 2.24) is 5.32 Å². The van der Waals surface area contributed by atoms with E-state index in [9.17, 15) is 0 Å². The highest BCUT2D eigenvalue weighted by molar-refractivity contribution is 5.35. The number of rotatable bonds is 3. The van der Waals surface area contributed by atoms with Crippen molar-refractivity contribution in [3.63, 3.8) is 0 Å². The molecule has 1 aliphatic heterocycles. The summed E-state index contributed by atoms with van der Waals surface area (Å²) < 4.78 is 5.59. The molecule has 1 aromatic rings. The van der Waals surface area contributed by atoms with Gasteiger partial charge in [-0.15, -0.1) is 0 Å². The fourth-order valence-electron chi connectivity index (χ4n) is 3.12.